The Kier molecular flexibility index (Phi) is 6.69. The minimum Gasteiger partial charge on any atom is -0.477 e. The van der Waals surface area contributed by atoms with E-state index in [-0.39, 0.29) is 22.9 Å². The number of aliphatic imine (C=N–C) groups is 1. The second kappa shape index (κ2) is 9.04. The van der Waals surface area contributed by atoms with E-state index in [1.807, 2.05) is 4.90 Å². The fourth-order valence-electron chi connectivity index (χ4n) is 3.84. The lowest BCUT2D eigenvalue weighted by atomic mass is 10.0. The summed E-state index contributed by atoms with van der Waals surface area (Å²) in [5.74, 6) is -1.08. The van der Waals surface area contributed by atoms with Gasteiger partial charge in [-0.3, -0.25) is 9.79 Å². The topological polar surface area (TPSA) is 104 Å². The minimum absolute atomic E-state index is 0.123. The Morgan fingerprint density at radius 3 is 2.66 bits per heavy atom. The van der Waals surface area contributed by atoms with Crippen molar-refractivity contribution in [1.82, 2.24) is 10.3 Å². The van der Waals surface area contributed by atoms with Crippen LogP contribution in [-0.2, 0) is 9.53 Å². The molecule has 29 heavy (non-hydrogen) atoms. The first-order valence-electron chi connectivity index (χ1n) is 9.95. The van der Waals surface area contributed by atoms with Crippen LogP contribution >= 0.6 is 11.3 Å². The lowest BCUT2D eigenvalue weighted by Gasteiger charge is -2.38. The molecule has 158 valence electrons. The van der Waals surface area contributed by atoms with Crippen LogP contribution in [0.5, 0.6) is 0 Å². The molecule has 1 aromatic heterocycles. The number of anilines is 1. The van der Waals surface area contributed by atoms with Crippen LogP contribution in [0.15, 0.2) is 16.3 Å². The predicted molar refractivity (Wildman–Crippen MR) is 113 cm³/mol. The van der Waals surface area contributed by atoms with Gasteiger partial charge in [-0.2, -0.15) is 0 Å². The van der Waals surface area contributed by atoms with E-state index >= 15 is 0 Å². The van der Waals surface area contributed by atoms with E-state index in [1.54, 1.807) is 14.0 Å². The Bertz CT molecular complexity index is 861. The molecule has 1 amide bonds. The van der Waals surface area contributed by atoms with Crippen molar-refractivity contribution in [3.05, 3.63) is 21.8 Å². The van der Waals surface area contributed by atoms with Crippen molar-refractivity contribution >= 4 is 34.1 Å². The number of carbonyl (C=O) groups is 2. The summed E-state index contributed by atoms with van der Waals surface area (Å²) in [7, 11) is 1.63. The van der Waals surface area contributed by atoms with Gasteiger partial charge in [0.15, 0.2) is 5.13 Å². The lowest BCUT2D eigenvalue weighted by molar-refractivity contribution is -0.116. The van der Waals surface area contributed by atoms with Gasteiger partial charge in [0.2, 0.25) is 0 Å². The summed E-state index contributed by atoms with van der Waals surface area (Å²) in [6.45, 7) is 7.06. The van der Waals surface area contributed by atoms with E-state index in [0.29, 0.717) is 42.5 Å². The van der Waals surface area contributed by atoms with Crippen LogP contribution in [0.2, 0.25) is 0 Å². The van der Waals surface area contributed by atoms with Crippen molar-refractivity contribution in [3.63, 3.8) is 0 Å². The summed E-state index contributed by atoms with van der Waals surface area (Å²) in [6, 6.07) is -0.123. The van der Waals surface area contributed by atoms with Crippen molar-refractivity contribution < 1.29 is 19.4 Å². The first-order valence-corrected chi connectivity index (χ1v) is 10.8. The van der Waals surface area contributed by atoms with Gasteiger partial charge in [-0.25, -0.2) is 9.78 Å². The summed E-state index contributed by atoms with van der Waals surface area (Å²) in [6.07, 6.45) is 2.85. The normalized spacial score (nSPS) is 22.1. The number of amides is 1. The van der Waals surface area contributed by atoms with Crippen molar-refractivity contribution in [1.29, 1.82) is 0 Å². The first-order chi connectivity index (χ1) is 13.9. The Morgan fingerprint density at radius 1 is 1.34 bits per heavy atom. The number of rotatable bonds is 7. The van der Waals surface area contributed by atoms with E-state index in [9.17, 15) is 14.7 Å². The number of hydrogen-bond donors (Lipinski definition) is 2. The number of thiazole rings is 1. The maximum atomic E-state index is 12.8. The largest absolute Gasteiger partial charge is 0.477 e. The third-order valence-electron chi connectivity index (χ3n) is 5.51. The monoisotopic (exact) mass is 420 g/mol. The molecule has 1 saturated heterocycles. The smallest absolute Gasteiger partial charge is 0.347 e. The third-order valence-corrected chi connectivity index (χ3v) is 6.72. The molecule has 2 atom stereocenters. The zero-order valence-corrected chi connectivity index (χ0v) is 18.1. The van der Waals surface area contributed by atoms with Crippen molar-refractivity contribution in [2.24, 2.45) is 4.99 Å². The average molecular weight is 421 g/mol. The van der Waals surface area contributed by atoms with Gasteiger partial charge < -0.3 is 20.1 Å². The van der Waals surface area contributed by atoms with Crippen molar-refractivity contribution in [2.45, 2.75) is 58.6 Å². The number of methoxy groups -OCH3 is 1. The van der Waals surface area contributed by atoms with E-state index < -0.39 is 5.97 Å². The molecule has 9 heteroatoms. The molecule has 2 aliphatic heterocycles. The summed E-state index contributed by atoms with van der Waals surface area (Å²) >= 11 is 1.18. The highest BCUT2D eigenvalue weighted by Crippen LogP contribution is 2.29. The summed E-state index contributed by atoms with van der Waals surface area (Å²) in [4.78, 5) is 35.3. The van der Waals surface area contributed by atoms with Crippen LogP contribution in [0.1, 0.15) is 54.9 Å². The molecule has 3 heterocycles. The minimum atomic E-state index is -0.958. The summed E-state index contributed by atoms with van der Waals surface area (Å²) < 4.78 is 5.64. The van der Waals surface area contributed by atoms with Gasteiger partial charge in [0, 0.05) is 32.3 Å². The maximum absolute atomic E-state index is 12.8. The Morgan fingerprint density at radius 2 is 2.10 bits per heavy atom. The standard InChI is InChI=1S/C20H28N4O4S/c1-5-12-9-15(22-13(12)6-2)18(25)23-14-7-8-24(10-16(14)28-4)20-21-11(3)17(29-20)19(26)27/h14,16H,5-10H2,1-4H3,(H,23,25)(H,26,27)/t14-,16+/m1/s1. The van der Waals surface area contributed by atoms with Gasteiger partial charge in [-0.1, -0.05) is 25.2 Å². The first kappa shape index (κ1) is 21.4. The molecule has 0 unspecified atom stereocenters. The van der Waals surface area contributed by atoms with E-state index in [2.05, 4.69) is 29.1 Å². The van der Waals surface area contributed by atoms with E-state index in [4.69, 9.17) is 4.74 Å². The zero-order valence-electron chi connectivity index (χ0n) is 17.3. The number of aryl methyl sites for hydroxylation is 1. The second-order valence-corrected chi connectivity index (χ2v) is 8.28. The molecular weight excluding hydrogens is 392 g/mol. The number of aromatic nitrogens is 1. The molecule has 0 aliphatic carbocycles. The molecule has 0 saturated carbocycles. The Labute approximate surface area is 174 Å². The fourth-order valence-corrected chi connectivity index (χ4v) is 4.78. The maximum Gasteiger partial charge on any atom is 0.347 e. The quantitative estimate of drug-likeness (QED) is 0.703. The molecule has 2 N–H and O–H groups in total. The van der Waals surface area contributed by atoms with Crippen LogP contribution in [0.25, 0.3) is 0 Å². The molecule has 3 rings (SSSR count). The SMILES string of the molecule is CCC1=C(CC)N=C(C(=O)N[C@@H]2CCN(c3nc(C)c(C(=O)O)s3)C[C@@H]2OC)C1. The molecule has 1 aromatic rings. The third kappa shape index (κ3) is 4.51. The van der Waals surface area contributed by atoms with Gasteiger partial charge >= 0.3 is 5.97 Å². The van der Waals surface area contributed by atoms with Gasteiger partial charge in [0.25, 0.3) is 5.91 Å². The van der Waals surface area contributed by atoms with Crippen LogP contribution in [0, 0.1) is 6.92 Å². The van der Waals surface area contributed by atoms with E-state index in [0.717, 1.165) is 18.5 Å². The van der Waals surface area contributed by atoms with Crippen LogP contribution in [-0.4, -0.2) is 60.0 Å². The highest BCUT2D eigenvalue weighted by Gasteiger charge is 2.33. The molecule has 2 aliphatic rings. The number of carbonyl (C=O) groups excluding carboxylic acids is 1. The molecule has 8 nitrogen and oxygen atoms in total. The molecular formula is C20H28N4O4S. The number of piperidine rings is 1. The fraction of sp³-hybridized carbons (Fsp3) is 0.600. The van der Waals surface area contributed by atoms with Crippen LogP contribution in [0.4, 0.5) is 5.13 Å². The number of carboxylic acid groups (broad SMARTS) is 1. The number of nitrogens with one attached hydrogen (secondary N) is 1. The molecule has 1 fully saturated rings. The number of allylic oxidation sites excluding steroid dienone is 2. The second-order valence-electron chi connectivity index (χ2n) is 7.30. The molecule has 0 aromatic carbocycles. The van der Waals surface area contributed by atoms with E-state index in [1.165, 1.54) is 16.9 Å². The number of ether oxygens (including phenoxy) is 1. The van der Waals surface area contributed by atoms with Gasteiger partial charge in [-0.05, 0) is 31.8 Å². The molecule has 0 bridgehead atoms. The van der Waals surface area contributed by atoms with Crippen molar-refractivity contribution in [3.8, 4) is 0 Å². The Balaban J connectivity index is 1.64. The van der Waals surface area contributed by atoms with Gasteiger partial charge in [0.1, 0.15) is 10.6 Å². The highest BCUT2D eigenvalue weighted by atomic mass is 32.1. The summed E-state index contributed by atoms with van der Waals surface area (Å²) in [5, 5.41) is 13.0. The van der Waals surface area contributed by atoms with Crippen LogP contribution < -0.4 is 10.2 Å². The number of carboxylic acids is 1. The molecule has 0 spiro atoms. The van der Waals surface area contributed by atoms with Crippen molar-refractivity contribution in [2.75, 3.05) is 25.1 Å². The van der Waals surface area contributed by atoms with Gasteiger partial charge in [-0.15, -0.1) is 0 Å². The molecule has 0 radical (unpaired) electrons. The lowest BCUT2D eigenvalue weighted by Crippen LogP contribution is -2.55. The number of aromatic carboxylic acids is 1. The highest BCUT2D eigenvalue weighted by molar-refractivity contribution is 7.17. The average Bonchev–Trinajstić information content (AvgIpc) is 3.31. The predicted octanol–water partition coefficient (Wildman–Crippen LogP) is 2.78. The Hall–Kier alpha value is -2.26. The van der Waals surface area contributed by atoms with Gasteiger partial charge in [0.05, 0.1) is 17.8 Å². The number of hydrogen-bond acceptors (Lipinski definition) is 7. The number of nitrogens with zero attached hydrogens (tertiary/aromatic N) is 3. The van der Waals surface area contributed by atoms with Crippen LogP contribution in [0.3, 0.4) is 0 Å². The summed E-state index contributed by atoms with van der Waals surface area (Å²) in [5.41, 5.74) is 3.37. The zero-order chi connectivity index (χ0) is 21.1.